The molecule has 1 saturated carbocycles. The molecule has 0 atom stereocenters. The van der Waals surface area contributed by atoms with Crippen molar-refractivity contribution in [2.75, 3.05) is 20.7 Å². The van der Waals surface area contributed by atoms with Crippen LogP contribution in [0.1, 0.15) is 24.1 Å². The van der Waals surface area contributed by atoms with E-state index in [9.17, 15) is 4.79 Å². The molecule has 0 bridgehead atoms. The number of halogens is 1. The Morgan fingerprint density at radius 3 is 2.83 bits per heavy atom. The van der Waals surface area contributed by atoms with Gasteiger partial charge in [-0.3, -0.25) is 9.79 Å². The number of benzene rings is 1. The van der Waals surface area contributed by atoms with E-state index in [1.54, 1.807) is 7.05 Å². The third-order valence-corrected chi connectivity index (χ3v) is 4.92. The number of carbonyl (C=O) groups is 1. The quantitative estimate of drug-likeness (QED) is 0.511. The first kappa shape index (κ1) is 21.0. The summed E-state index contributed by atoms with van der Waals surface area (Å²) in [7, 11) is 5.71. The van der Waals surface area contributed by atoms with Gasteiger partial charge in [-0.15, -0.1) is 0 Å². The van der Waals surface area contributed by atoms with Crippen LogP contribution in [0, 0.1) is 0 Å². The summed E-state index contributed by atoms with van der Waals surface area (Å²) in [5, 5.41) is 7.00. The van der Waals surface area contributed by atoms with Crippen LogP contribution in [0.5, 0.6) is 5.75 Å². The second-order valence-corrected chi connectivity index (χ2v) is 7.73. The molecule has 1 fully saturated rings. The summed E-state index contributed by atoms with van der Waals surface area (Å²) in [4.78, 5) is 18.2. The number of hydrogen-bond acceptors (Lipinski definition) is 3. The van der Waals surface area contributed by atoms with Gasteiger partial charge in [0.2, 0.25) is 0 Å². The van der Waals surface area contributed by atoms with Crippen molar-refractivity contribution < 1.29 is 9.53 Å². The van der Waals surface area contributed by atoms with Crippen molar-refractivity contribution in [2.45, 2.75) is 32.0 Å². The van der Waals surface area contributed by atoms with Crippen LogP contribution in [0.4, 0.5) is 0 Å². The SMILES string of the molecule is CN=C(NCc1cccc(OCC(=O)NC2CC2)c1)N(C)Cc1cc(Cl)cn1C. The molecular weight excluding hydrogens is 390 g/mol. The Morgan fingerprint density at radius 2 is 2.17 bits per heavy atom. The summed E-state index contributed by atoms with van der Waals surface area (Å²) < 4.78 is 7.62. The lowest BCUT2D eigenvalue weighted by Gasteiger charge is -2.22. The Labute approximate surface area is 176 Å². The molecular formula is C21H28ClN5O2. The normalized spacial score (nSPS) is 13.9. The molecule has 1 aromatic heterocycles. The summed E-state index contributed by atoms with van der Waals surface area (Å²) in [6.07, 6.45) is 4.02. The van der Waals surface area contributed by atoms with Gasteiger partial charge in [0.15, 0.2) is 12.6 Å². The topological polar surface area (TPSA) is 70.9 Å². The molecule has 2 aromatic rings. The number of guanidine groups is 1. The number of ether oxygens (including phenoxy) is 1. The second kappa shape index (κ2) is 9.69. The van der Waals surface area contributed by atoms with Crippen molar-refractivity contribution in [1.29, 1.82) is 0 Å². The van der Waals surface area contributed by atoms with Gasteiger partial charge in [0.05, 0.1) is 11.6 Å². The van der Waals surface area contributed by atoms with Gasteiger partial charge >= 0.3 is 0 Å². The Bertz CT molecular complexity index is 876. The molecule has 3 rings (SSSR count). The minimum absolute atomic E-state index is 0.0387. The molecule has 29 heavy (non-hydrogen) atoms. The minimum Gasteiger partial charge on any atom is -0.484 e. The van der Waals surface area contributed by atoms with Crippen LogP contribution in [0.25, 0.3) is 0 Å². The van der Waals surface area contributed by atoms with Crippen molar-refractivity contribution in [2.24, 2.45) is 12.0 Å². The summed E-state index contributed by atoms with van der Waals surface area (Å²) in [5.74, 6) is 1.38. The van der Waals surface area contributed by atoms with E-state index in [4.69, 9.17) is 16.3 Å². The fraction of sp³-hybridized carbons (Fsp3) is 0.429. The lowest BCUT2D eigenvalue weighted by atomic mass is 10.2. The zero-order valence-electron chi connectivity index (χ0n) is 17.1. The summed E-state index contributed by atoms with van der Waals surface area (Å²) in [6.45, 7) is 1.32. The van der Waals surface area contributed by atoms with Crippen LogP contribution in [0.2, 0.25) is 5.02 Å². The van der Waals surface area contributed by atoms with Gasteiger partial charge in [0, 0.05) is 45.6 Å². The van der Waals surface area contributed by atoms with E-state index in [1.165, 1.54) is 0 Å². The van der Waals surface area contributed by atoms with Crippen molar-refractivity contribution in [3.63, 3.8) is 0 Å². The van der Waals surface area contributed by atoms with Gasteiger partial charge in [0.25, 0.3) is 5.91 Å². The van der Waals surface area contributed by atoms with E-state index >= 15 is 0 Å². The first-order valence-corrected chi connectivity index (χ1v) is 10.1. The average Bonchev–Trinajstić information content (AvgIpc) is 3.44. The van der Waals surface area contributed by atoms with Gasteiger partial charge in [-0.2, -0.15) is 0 Å². The van der Waals surface area contributed by atoms with E-state index in [0.717, 1.165) is 35.1 Å². The molecule has 1 aromatic carbocycles. The molecule has 0 aliphatic heterocycles. The van der Waals surface area contributed by atoms with E-state index in [1.807, 2.05) is 60.1 Å². The number of aromatic nitrogens is 1. The van der Waals surface area contributed by atoms with Crippen LogP contribution >= 0.6 is 11.6 Å². The first-order valence-electron chi connectivity index (χ1n) is 9.68. The molecule has 8 heteroatoms. The molecule has 0 radical (unpaired) electrons. The Kier molecular flexibility index (Phi) is 7.04. The molecule has 1 heterocycles. The smallest absolute Gasteiger partial charge is 0.258 e. The van der Waals surface area contributed by atoms with E-state index in [0.29, 0.717) is 24.9 Å². The number of hydrogen-bond donors (Lipinski definition) is 2. The summed E-state index contributed by atoms with van der Waals surface area (Å²) >= 11 is 6.07. The van der Waals surface area contributed by atoms with Crippen molar-refractivity contribution in [3.8, 4) is 5.75 Å². The summed E-state index contributed by atoms with van der Waals surface area (Å²) in [5.41, 5.74) is 2.14. The molecule has 0 saturated heterocycles. The molecule has 7 nitrogen and oxygen atoms in total. The van der Waals surface area contributed by atoms with E-state index < -0.39 is 0 Å². The minimum atomic E-state index is -0.0705. The third-order valence-electron chi connectivity index (χ3n) is 4.71. The molecule has 1 aliphatic carbocycles. The number of nitrogens with one attached hydrogen (secondary N) is 2. The molecule has 1 amide bonds. The number of carbonyl (C=O) groups excluding carboxylic acids is 1. The third kappa shape index (κ3) is 6.42. The maximum absolute atomic E-state index is 11.8. The van der Waals surface area contributed by atoms with Gasteiger partial charge in [-0.1, -0.05) is 23.7 Å². The van der Waals surface area contributed by atoms with Crippen molar-refractivity contribution in [3.05, 3.63) is 52.8 Å². The summed E-state index contributed by atoms with van der Waals surface area (Å²) in [6, 6.07) is 10.0. The van der Waals surface area contributed by atoms with Crippen LogP contribution in [-0.2, 0) is 24.9 Å². The maximum Gasteiger partial charge on any atom is 0.258 e. The van der Waals surface area contributed by atoms with Crippen LogP contribution in [0.3, 0.4) is 0 Å². The standard InChI is InChI=1S/C21H28ClN5O2/c1-23-21(27(3)13-18-10-16(22)12-26(18)2)24-11-15-5-4-6-19(9-15)29-14-20(28)25-17-7-8-17/h4-6,9-10,12,17H,7-8,11,13-14H2,1-3H3,(H,23,24)(H,25,28). The lowest BCUT2D eigenvalue weighted by molar-refractivity contribution is -0.123. The average molecular weight is 418 g/mol. The number of nitrogens with zero attached hydrogens (tertiary/aromatic N) is 3. The maximum atomic E-state index is 11.8. The van der Waals surface area contributed by atoms with Crippen molar-refractivity contribution >= 4 is 23.5 Å². The highest BCUT2D eigenvalue weighted by atomic mass is 35.5. The van der Waals surface area contributed by atoms with Gasteiger partial charge < -0.3 is 24.8 Å². The molecule has 156 valence electrons. The Hall–Kier alpha value is -2.67. The van der Waals surface area contributed by atoms with Crippen LogP contribution < -0.4 is 15.4 Å². The highest BCUT2D eigenvalue weighted by molar-refractivity contribution is 6.30. The first-order chi connectivity index (χ1) is 13.9. The molecule has 0 unspecified atom stereocenters. The number of rotatable bonds is 8. The molecule has 0 spiro atoms. The molecule has 1 aliphatic rings. The number of amides is 1. The number of aryl methyl sites for hydroxylation is 1. The monoisotopic (exact) mass is 417 g/mol. The Balaban J connectivity index is 1.50. The number of aliphatic imine (C=N–C) groups is 1. The highest BCUT2D eigenvalue weighted by Crippen LogP contribution is 2.19. The predicted molar refractivity (Wildman–Crippen MR) is 115 cm³/mol. The van der Waals surface area contributed by atoms with Gasteiger partial charge in [0.1, 0.15) is 5.75 Å². The second-order valence-electron chi connectivity index (χ2n) is 7.30. The fourth-order valence-corrected chi connectivity index (χ4v) is 3.27. The highest BCUT2D eigenvalue weighted by Gasteiger charge is 2.23. The van der Waals surface area contributed by atoms with E-state index in [2.05, 4.69) is 15.6 Å². The van der Waals surface area contributed by atoms with Gasteiger partial charge in [-0.05, 0) is 36.6 Å². The Morgan fingerprint density at radius 1 is 1.38 bits per heavy atom. The van der Waals surface area contributed by atoms with E-state index in [-0.39, 0.29) is 12.5 Å². The predicted octanol–water partition coefficient (Wildman–Crippen LogP) is 2.54. The van der Waals surface area contributed by atoms with Crippen molar-refractivity contribution in [1.82, 2.24) is 20.1 Å². The fourth-order valence-electron chi connectivity index (χ4n) is 3.00. The molecule has 2 N–H and O–H groups in total. The zero-order chi connectivity index (χ0) is 20.8. The van der Waals surface area contributed by atoms with Crippen LogP contribution in [-0.4, -0.2) is 48.1 Å². The van der Waals surface area contributed by atoms with Gasteiger partial charge in [-0.25, -0.2) is 0 Å². The van der Waals surface area contributed by atoms with Crippen LogP contribution in [0.15, 0.2) is 41.5 Å². The zero-order valence-corrected chi connectivity index (χ0v) is 17.9. The largest absolute Gasteiger partial charge is 0.484 e. The lowest BCUT2D eigenvalue weighted by Crippen LogP contribution is -2.38.